The van der Waals surface area contributed by atoms with Crippen molar-refractivity contribution in [2.24, 2.45) is 0 Å². The summed E-state index contributed by atoms with van der Waals surface area (Å²) in [7, 11) is 0. The van der Waals surface area contributed by atoms with Crippen molar-refractivity contribution in [1.29, 1.82) is 0 Å². The Balaban J connectivity index is 1.68. The van der Waals surface area contributed by atoms with Gasteiger partial charge in [0.05, 0.1) is 6.61 Å². The minimum absolute atomic E-state index is 0.103. The van der Waals surface area contributed by atoms with E-state index in [2.05, 4.69) is 36.1 Å². The van der Waals surface area contributed by atoms with Crippen LogP contribution in [-0.2, 0) is 16.0 Å². The van der Waals surface area contributed by atoms with Crippen molar-refractivity contribution in [3.63, 3.8) is 0 Å². The molecule has 24 heavy (non-hydrogen) atoms. The summed E-state index contributed by atoms with van der Waals surface area (Å²) in [4.78, 5) is 11.2. The van der Waals surface area contributed by atoms with E-state index < -0.39 is 5.97 Å². The zero-order valence-electron chi connectivity index (χ0n) is 13.7. The fraction of sp³-hybridized carbons (Fsp3) is 0.286. The molecule has 0 aliphatic heterocycles. The molecule has 1 aliphatic carbocycles. The van der Waals surface area contributed by atoms with Crippen molar-refractivity contribution < 1.29 is 14.3 Å². The van der Waals surface area contributed by atoms with Gasteiger partial charge in [-0.05, 0) is 61.6 Å². The Morgan fingerprint density at radius 3 is 2.75 bits per heavy atom. The highest BCUT2D eigenvalue weighted by atomic mass is 16.5. The number of rotatable bonds is 3. The van der Waals surface area contributed by atoms with Crippen molar-refractivity contribution in [3.8, 4) is 17.6 Å². The van der Waals surface area contributed by atoms with Gasteiger partial charge in [-0.3, -0.25) is 0 Å². The van der Waals surface area contributed by atoms with Crippen LogP contribution in [0.25, 0.3) is 0 Å². The van der Waals surface area contributed by atoms with Gasteiger partial charge in [-0.1, -0.05) is 30.2 Å². The Labute approximate surface area is 142 Å². The van der Waals surface area contributed by atoms with E-state index in [4.69, 9.17) is 9.47 Å². The number of carbonyl (C=O) groups is 1. The van der Waals surface area contributed by atoms with Crippen LogP contribution in [0.1, 0.15) is 42.6 Å². The normalized spacial score (nSPS) is 15.6. The molecular weight excluding hydrogens is 300 g/mol. The van der Waals surface area contributed by atoms with E-state index in [0.29, 0.717) is 6.61 Å². The Hall–Kier alpha value is -2.73. The molecule has 0 spiro atoms. The van der Waals surface area contributed by atoms with Gasteiger partial charge in [-0.2, -0.15) is 0 Å². The largest absolute Gasteiger partial charge is 0.486 e. The maximum absolute atomic E-state index is 11.2. The summed E-state index contributed by atoms with van der Waals surface area (Å²) in [5, 5.41) is 0. The number of carbonyl (C=O) groups excluding carboxylic acids is 1. The van der Waals surface area contributed by atoms with Crippen LogP contribution in [0.4, 0.5) is 0 Å². The number of hydrogen-bond donors (Lipinski definition) is 0. The van der Waals surface area contributed by atoms with Crippen molar-refractivity contribution in [2.75, 3.05) is 6.61 Å². The molecule has 3 nitrogen and oxygen atoms in total. The van der Waals surface area contributed by atoms with Crippen LogP contribution in [-0.4, -0.2) is 12.6 Å². The van der Waals surface area contributed by atoms with E-state index in [1.165, 1.54) is 11.1 Å². The van der Waals surface area contributed by atoms with E-state index in [1.807, 2.05) is 24.3 Å². The van der Waals surface area contributed by atoms with Gasteiger partial charge >= 0.3 is 5.97 Å². The Bertz CT molecular complexity index is 766. The Morgan fingerprint density at radius 2 is 1.96 bits per heavy atom. The average Bonchev–Trinajstić information content (AvgIpc) is 2.62. The highest BCUT2D eigenvalue weighted by Crippen LogP contribution is 2.33. The lowest BCUT2D eigenvalue weighted by Crippen LogP contribution is -2.15. The predicted molar refractivity (Wildman–Crippen MR) is 92.7 cm³/mol. The molecule has 1 aliphatic rings. The van der Waals surface area contributed by atoms with Crippen LogP contribution in [0.15, 0.2) is 48.5 Å². The molecule has 122 valence electrons. The summed E-state index contributed by atoms with van der Waals surface area (Å²) in [6.07, 6.45) is 3.40. The van der Waals surface area contributed by atoms with Gasteiger partial charge in [0.1, 0.15) is 11.9 Å². The molecule has 3 rings (SSSR count). The molecule has 3 heteroatoms. The van der Waals surface area contributed by atoms with Crippen molar-refractivity contribution >= 4 is 5.97 Å². The van der Waals surface area contributed by atoms with Crippen LogP contribution in [0.5, 0.6) is 5.75 Å². The van der Waals surface area contributed by atoms with Crippen LogP contribution in [0.3, 0.4) is 0 Å². The topological polar surface area (TPSA) is 35.5 Å². The zero-order chi connectivity index (χ0) is 16.8. The molecule has 0 amide bonds. The fourth-order valence-electron chi connectivity index (χ4n) is 2.90. The summed E-state index contributed by atoms with van der Waals surface area (Å²) in [6, 6.07) is 16.0. The van der Waals surface area contributed by atoms with Gasteiger partial charge in [0.2, 0.25) is 0 Å². The van der Waals surface area contributed by atoms with Gasteiger partial charge in [0.15, 0.2) is 0 Å². The highest BCUT2D eigenvalue weighted by molar-refractivity contribution is 5.89. The van der Waals surface area contributed by atoms with Crippen molar-refractivity contribution in [1.82, 2.24) is 0 Å². The second kappa shape index (κ2) is 7.70. The molecule has 0 fully saturated rings. The Kier molecular flexibility index (Phi) is 5.18. The monoisotopic (exact) mass is 320 g/mol. The number of ether oxygens (including phenoxy) is 2. The third-order valence-corrected chi connectivity index (χ3v) is 4.03. The maximum Gasteiger partial charge on any atom is 0.384 e. The summed E-state index contributed by atoms with van der Waals surface area (Å²) in [6.45, 7) is 2.10. The number of esters is 1. The van der Waals surface area contributed by atoms with Gasteiger partial charge in [-0.15, -0.1) is 0 Å². The van der Waals surface area contributed by atoms with Crippen LogP contribution >= 0.6 is 0 Å². The molecule has 0 aromatic heterocycles. The van der Waals surface area contributed by atoms with E-state index in [9.17, 15) is 4.79 Å². The molecule has 0 radical (unpaired) electrons. The van der Waals surface area contributed by atoms with Crippen LogP contribution < -0.4 is 4.74 Å². The minimum atomic E-state index is -0.503. The average molecular weight is 320 g/mol. The standard InChI is InChI=1S/C21H20O3/c1-2-23-21(22)15-12-16-10-13-18(14-11-16)24-20-9-5-7-17-6-3-4-8-19(17)20/h3-4,6,8,10-11,13-14,20H,2,5,7,9H2,1H3. The SMILES string of the molecule is CCOC(=O)C#Cc1ccc(OC2CCCc3ccccc32)cc1. The number of fused-ring (bicyclic) bond motifs is 1. The van der Waals surface area contributed by atoms with E-state index in [1.54, 1.807) is 6.92 Å². The fourth-order valence-corrected chi connectivity index (χ4v) is 2.90. The van der Waals surface area contributed by atoms with E-state index in [0.717, 1.165) is 30.6 Å². The summed E-state index contributed by atoms with van der Waals surface area (Å²) in [5.74, 6) is 5.57. The second-order valence-corrected chi connectivity index (χ2v) is 5.69. The maximum atomic E-state index is 11.2. The quantitative estimate of drug-likeness (QED) is 0.632. The first-order chi connectivity index (χ1) is 11.8. The molecule has 2 aromatic rings. The molecule has 0 bridgehead atoms. The number of benzene rings is 2. The lowest BCUT2D eigenvalue weighted by Gasteiger charge is -2.26. The summed E-state index contributed by atoms with van der Waals surface area (Å²) in [5.41, 5.74) is 3.43. The van der Waals surface area contributed by atoms with Gasteiger partial charge in [-0.25, -0.2) is 4.79 Å². The molecular formula is C21H20O3. The first kappa shape index (κ1) is 16.1. The first-order valence-corrected chi connectivity index (χ1v) is 8.29. The zero-order valence-corrected chi connectivity index (χ0v) is 13.7. The molecule has 0 heterocycles. The molecule has 1 unspecified atom stereocenters. The van der Waals surface area contributed by atoms with Crippen molar-refractivity contribution in [3.05, 3.63) is 65.2 Å². The lowest BCUT2D eigenvalue weighted by atomic mass is 9.89. The van der Waals surface area contributed by atoms with Crippen LogP contribution in [0, 0.1) is 11.8 Å². The highest BCUT2D eigenvalue weighted by Gasteiger charge is 2.21. The molecule has 0 saturated carbocycles. The molecule has 2 aromatic carbocycles. The molecule has 1 atom stereocenters. The molecule has 0 N–H and O–H groups in total. The van der Waals surface area contributed by atoms with E-state index in [-0.39, 0.29) is 6.10 Å². The number of aryl methyl sites for hydroxylation is 1. The third kappa shape index (κ3) is 3.97. The Morgan fingerprint density at radius 1 is 1.17 bits per heavy atom. The predicted octanol–water partition coefficient (Wildman–Crippen LogP) is 4.06. The minimum Gasteiger partial charge on any atom is -0.486 e. The summed E-state index contributed by atoms with van der Waals surface area (Å²) >= 11 is 0. The molecule has 0 saturated heterocycles. The lowest BCUT2D eigenvalue weighted by molar-refractivity contribution is -0.136. The van der Waals surface area contributed by atoms with Crippen molar-refractivity contribution in [2.45, 2.75) is 32.3 Å². The first-order valence-electron chi connectivity index (χ1n) is 8.29. The summed E-state index contributed by atoms with van der Waals surface area (Å²) < 4.78 is 10.9. The third-order valence-electron chi connectivity index (χ3n) is 4.03. The number of hydrogen-bond acceptors (Lipinski definition) is 3. The van der Waals surface area contributed by atoms with Gasteiger partial charge < -0.3 is 9.47 Å². The smallest absolute Gasteiger partial charge is 0.384 e. The van der Waals surface area contributed by atoms with Crippen LogP contribution in [0.2, 0.25) is 0 Å². The van der Waals surface area contributed by atoms with Gasteiger partial charge in [0, 0.05) is 11.5 Å². The second-order valence-electron chi connectivity index (χ2n) is 5.69. The van der Waals surface area contributed by atoms with E-state index >= 15 is 0 Å². The van der Waals surface area contributed by atoms with Gasteiger partial charge in [0.25, 0.3) is 0 Å².